The Morgan fingerprint density at radius 2 is 2.24 bits per heavy atom. The van der Waals surface area contributed by atoms with Crippen molar-refractivity contribution in [3.63, 3.8) is 0 Å². The minimum atomic E-state index is 0.487. The molecule has 0 bridgehead atoms. The van der Waals surface area contributed by atoms with Crippen LogP contribution in [0.2, 0.25) is 0 Å². The molecule has 0 amide bonds. The fourth-order valence-corrected chi connectivity index (χ4v) is 3.05. The molecule has 0 aliphatic carbocycles. The van der Waals surface area contributed by atoms with Gasteiger partial charge in [-0.05, 0) is 24.8 Å². The number of hydrogen-bond acceptors (Lipinski definition) is 6. The first-order chi connectivity index (χ1) is 10.2. The van der Waals surface area contributed by atoms with Crippen molar-refractivity contribution in [1.82, 2.24) is 14.9 Å². The van der Waals surface area contributed by atoms with Gasteiger partial charge in [0.15, 0.2) is 0 Å². The zero-order valence-electron chi connectivity index (χ0n) is 13.2. The molecule has 0 aliphatic rings. The SMILES string of the molecule is CCC(C)N(CCOC)Cc1nc(NC)c2ccsc2n1. The lowest BCUT2D eigenvalue weighted by atomic mass is 10.2. The molecule has 116 valence electrons. The van der Waals surface area contributed by atoms with E-state index in [4.69, 9.17) is 9.72 Å². The second kappa shape index (κ2) is 7.68. The molecule has 2 heterocycles. The number of nitrogens with zero attached hydrogens (tertiary/aromatic N) is 3. The lowest BCUT2D eigenvalue weighted by molar-refractivity contribution is 0.116. The average Bonchev–Trinajstić information content (AvgIpc) is 2.98. The van der Waals surface area contributed by atoms with E-state index in [1.807, 2.05) is 7.05 Å². The highest BCUT2D eigenvalue weighted by atomic mass is 32.1. The number of aromatic nitrogens is 2. The van der Waals surface area contributed by atoms with Crippen LogP contribution >= 0.6 is 11.3 Å². The molecule has 0 spiro atoms. The van der Waals surface area contributed by atoms with Crippen LogP contribution in [0.1, 0.15) is 26.1 Å². The molecular formula is C15H24N4OS. The Labute approximate surface area is 130 Å². The van der Waals surface area contributed by atoms with Gasteiger partial charge in [0.2, 0.25) is 0 Å². The number of methoxy groups -OCH3 is 1. The maximum Gasteiger partial charge on any atom is 0.146 e. The van der Waals surface area contributed by atoms with E-state index < -0.39 is 0 Å². The summed E-state index contributed by atoms with van der Waals surface area (Å²) in [5, 5.41) is 6.32. The predicted molar refractivity (Wildman–Crippen MR) is 89.0 cm³/mol. The van der Waals surface area contributed by atoms with Crippen LogP contribution in [0.25, 0.3) is 10.2 Å². The fourth-order valence-electron chi connectivity index (χ4n) is 2.26. The van der Waals surface area contributed by atoms with Crippen LogP contribution in [0.3, 0.4) is 0 Å². The van der Waals surface area contributed by atoms with E-state index in [0.717, 1.165) is 48.0 Å². The van der Waals surface area contributed by atoms with E-state index >= 15 is 0 Å². The minimum absolute atomic E-state index is 0.487. The maximum absolute atomic E-state index is 5.21. The van der Waals surface area contributed by atoms with Crippen LogP contribution in [0.4, 0.5) is 5.82 Å². The number of thiophene rings is 1. The average molecular weight is 308 g/mol. The number of hydrogen-bond donors (Lipinski definition) is 1. The molecular weight excluding hydrogens is 284 g/mol. The molecule has 0 aliphatic heterocycles. The van der Waals surface area contributed by atoms with Crippen molar-refractivity contribution in [2.45, 2.75) is 32.9 Å². The molecule has 2 aromatic rings. The summed E-state index contributed by atoms with van der Waals surface area (Å²) in [4.78, 5) is 12.8. The normalized spacial score (nSPS) is 13.0. The largest absolute Gasteiger partial charge is 0.383 e. The molecule has 0 saturated carbocycles. The molecule has 1 unspecified atom stereocenters. The molecule has 0 saturated heterocycles. The molecule has 0 fully saturated rings. The van der Waals surface area contributed by atoms with E-state index in [2.05, 4.69) is 40.5 Å². The van der Waals surface area contributed by atoms with Crippen LogP contribution < -0.4 is 5.32 Å². The highest BCUT2D eigenvalue weighted by Gasteiger charge is 2.15. The first-order valence-corrected chi connectivity index (χ1v) is 8.22. The summed E-state index contributed by atoms with van der Waals surface area (Å²) >= 11 is 1.66. The predicted octanol–water partition coefficient (Wildman–Crippen LogP) is 2.98. The molecule has 5 nitrogen and oxygen atoms in total. The van der Waals surface area contributed by atoms with E-state index in [0.29, 0.717) is 6.04 Å². The maximum atomic E-state index is 5.21. The van der Waals surface area contributed by atoms with Crippen molar-refractivity contribution in [2.75, 3.05) is 32.6 Å². The van der Waals surface area contributed by atoms with Gasteiger partial charge in [0, 0.05) is 26.7 Å². The fraction of sp³-hybridized carbons (Fsp3) is 0.600. The third-order valence-corrected chi connectivity index (χ3v) is 4.56. The Morgan fingerprint density at radius 1 is 1.43 bits per heavy atom. The summed E-state index contributed by atoms with van der Waals surface area (Å²) in [7, 11) is 3.64. The van der Waals surface area contributed by atoms with Crippen molar-refractivity contribution in [3.05, 3.63) is 17.3 Å². The summed E-state index contributed by atoms with van der Waals surface area (Å²) in [5.74, 6) is 1.78. The Balaban J connectivity index is 2.22. The highest BCUT2D eigenvalue weighted by molar-refractivity contribution is 7.16. The summed E-state index contributed by atoms with van der Waals surface area (Å²) in [6.07, 6.45) is 1.10. The van der Waals surface area contributed by atoms with Gasteiger partial charge >= 0.3 is 0 Å². The van der Waals surface area contributed by atoms with Crippen molar-refractivity contribution in [2.24, 2.45) is 0 Å². The topological polar surface area (TPSA) is 50.3 Å². The quantitative estimate of drug-likeness (QED) is 0.812. The van der Waals surface area contributed by atoms with Crippen molar-refractivity contribution >= 4 is 27.4 Å². The summed E-state index contributed by atoms with van der Waals surface area (Å²) in [6, 6.07) is 2.55. The zero-order chi connectivity index (χ0) is 15.2. The van der Waals surface area contributed by atoms with E-state index in [1.165, 1.54) is 0 Å². The standard InChI is InChI=1S/C15H24N4OS/c1-5-11(2)19(7-8-20-4)10-13-17-14(16-3)12-6-9-21-15(12)18-13/h6,9,11H,5,7-8,10H2,1-4H3,(H,16,17,18). The monoisotopic (exact) mass is 308 g/mol. The molecule has 21 heavy (non-hydrogen) atoms. The first-order valence-electron chi connectivity index (χ1n) is 7.34. The number of rotatable bonds is 8. The van der Waals surface area contributed by atoms with Crippen LogP contribution in [0.15, 0.2) is 11.4 Å². The van der Waals surface area contributed by atoms with Gasteiger partial charge in [0.1, 0.15) is 16.5 Å². The van der Waals surface area contributed by atoms with E-state index in [9.17, 15) is 0 Å². The molecule has 0 aromatic carbocycles. The Bertz CT molecular complexity index is 572. The minimum Gasteiger partial charge on any atom is -0.383 e. The van der Waals surface area contributed by atoms with Gasteiger partial charge in [-0.3, -0.25) is 4.90 Å². The molecule has 0 radical (unpaired) electrons. The van der Waals surface area contributed by atoms with Crippen LogP contribution in [0.5, 0.6) is 0 Å². The van der Waals surface area contributed by atoms with Gasteiger partial charge in [-0.25, -0.2) is 9.97 Å². The smallest absolute Gasteiger partial charge is 0.146 e. The van der Waals surface area contributed by atoms with E-state index in [1.54, 1.807) is 18.4 Å². The van der Waals surface area contributed by atoms with Crippen LogP contribution in [0, 0.1) is 0 Å². The van der Waals surface area contributed by atoms with Gasteiger partial charge in [-0.2, -0.15) is 0 Å². The summed E-state index contributed by atoms with van der Waals surface area (Å²) in [5.41, 5.74) is 0. The second-order valence-electron chi connectivity index (χ2n) is 5.10. The number of ether oxygens (including phenoxy) is 1. The molecule has 2 aromatic heterocycles. The number of anilines is 1. The lowest BCUT2D eigenvalue weighted by Gasteiger charge is -2.27. The third kappa shape index (κ3) is 3.90. The Hall–Kier alpha value is -1.24. The van der Waals surface area contributed by atoms with Gasteiger partial charge < -0.3 is 10.1 Å². The van der Waals surface area contributed by atoms with Crippen molar-refractivity contribution < 1.29 is 4.74 Å². The second-order valence-corrected chi connectivity index (χ2v) is 5.99. The van der Waals surface area contributed by atoms with Gasteiger partial charge in [0.05, 0.1) is 18.5 Å². The molecule has 6 heteroatoms. The molecule has 2 rings (SSSR count). The van der Waals surface area contributed by atoms with Crippen molar-refractivity contribution in [3.8, 4) is 0 Å². The Kier molecular flexibility index (Phi) is 5.90. The van der Waals surface area contributed by atoms with Crippen LogP contribution in [-0.2, 0) is 11.3 Å². The number of fused-ring (bicyclic) bond motifs is 1. The summed E-state index contributed by atoms with van der Waals surface area (Å²) in [6.45, 7) is 6.81. The summed E-state index contributed by atoms with van der Waals surface area (Å²) < 4.78 is 5.21. The van der Waals surface area contributed by atoms with Gasteiger partial charge in [-0.1, -0.05) is 6.92 Å². The Morgan fingerprint density at radius 3 is 2.90 bits per heavy atom. The first kappa shape index (κ1) is 16.1. The van der Waals surface area contributed by atoms with Gasteiger partial charge in [-0.15, -0.1) is 11.3 Å². The zero-order valence-corrected chi connectivity index (χ0v) is 14.0. The van der Waals surface area contributed by atoms with Crippen molar-refractivity contribution in [1.29, 1.82) is 0 Å². The van der Waals surface area contributed by atoms with Crippen LogP contribution in [-0.4, -0.2) is 48.2 Å². The molecule has 1 atom stereocenters. The van der Waals surface area contributed by atoms with E-state index in [-0.39, 0.29) is 0 Å². The third-order valence-electron chi connectivity index (χ3n) is 3.75. The van der Waals surface area contributed by atoms with Gasteiger partial charge in [0.25, 0.3) is 0 Å². The molecule has 1 N–H and O–H groups in total. The number of nitrogens with one attached hydrogen (secondary N) is 1. The lowest BCUT2D eigenvalue weighted by Crippen LogP contribution is -2.35. The highest BCUT2D eigenvalue weighted by Crippen LogP contribution is 2.25.